The Morgan fingerprint density at radius 3 is 2.93 bits per heavy atom. The number of para-hydroxylation sites is 2. The fourth-order valence-electron chi connectivity index (χ4n) is 3.05. The third-order valence-electron chi connectivity index (χ3n) is 4.63. The zero-order valence-corrected chi connectivity index (χ0v) is 15.9. The summed E-state index contributed by atoms with van der Waals surface area (Å²) in [5, 5.41) is 3.31. The number of amides is 1. The van der Waals surface area contributed by atoms with E-state index in [2.05, 4.69) is 32.1 Å². The van der Waals surface area contributed by atoms with E-state index in [0.717, 1.165) is 48.8 Å². The molecule has 4 rings (SSSR count). The van der Waals surface area contributed by atoms with Crippen molar-refractivity contribution in [2.45, 2.75) is 25.0 Å². The van der Waals surface area contributed by atoms with Crippen LogP contribution in [0.1, 0.15) is 19.8 Å². The monoisotopic (exact) mass is 383 g/mol. The molecule has 0 atom stereocenters. The number of carbonyl (C=O) groups excluding carboxylic acids is 1. The van der Waals surface area contributed by atoms with Crippen molar-refractivity contribution in [3.63, 3.8) is 0 Å². The van der Waals surface area contributed by atoms with Gasteiger partial charge >= 0.3 is 0 Å². The van der Waals surface area contributed by atoms with Gasteiger partial charge in [0.15, 0.2) is 5.58 Å². The molecule has 1 aromatic carbocycles. The van der Waals surface area contributed by atoms with Crippen molar-refractivity contribution in [1.82, 2.24) is 15.0 Å². The minimum Gasteiger partial charge on any atom is -0.431 e. The zero-order chi connectivity index (χ0) is 18.6. The molecule has 0 radical (unpaired) electrons. The van der Waals surface area contributed by atoms with Crippen molar-refractivity contribution in [2.75, 3.05) is 29.1 Å². The second kappa shape index (κ2) is 7.96. The van der Waals surface area contributed by atoms with Crippen LogP contribution in [0.2, 0.25) is 0 Å². The van der Waals surface area contributed by atoms with Crippen molar-refractivity contribution in [1.29, 1.82) is 0 Å². The minimum atomic E-state index is -0.154. The molecule has 8 heteroatoms. The Morgan fingerprint density at radius 1 is 1.30 bits per heavy atom. The molecule has 140 valence electrons. The van der Waals surface area contributed by atoms with Crippen molar-refractivity contribution in [2.24, 2.45) is 5.92 Å². The van der Waals surface area contributed by atoms with Crippen LogP contribution in [0.25, 0.3) is 11.1 Å². The van der Waals surface area contributed by atoms with E-state index in [1.807, 2.05) is 30.3 Å². The molecule has 0 spiro atoms. The lowest BCUT2D eigenvalue weighted by Gasteiger charge is -2.31. The number of hydrogen-bond donors (Lipinski definition) is 1. The predicted molar refractivity (Wildman–Crippen MR) is 106 cm³/mol. The van der Waals surface area contributed by atoms with Crippen LogP contribution in [-0.4, -0.2) is 39.7 Å². The van der Waals surface area contributed by atoms with Gasteiger partial charge in [0, 0.05) is 19.2 Å². The van der Waals surface area contributed by atoms with E-state index >= 15 is 0 Å². The molecule has 3 aromatic rings. The number of thioether (sulfide) groups is 1. The van der Waals surface area contributed by atoms with Crippen molar-refractivity contribution in [3.8, 4) is 0 Å². The molecule has 27 heavy (non-hydrogen) atoms. The van der Waals surface area contributed by atoms with Gasteiger partial charge in [0.05, 0.1) is 5.75 Å². The highest BCUT2D eigenvalue weighted by atomic mass is 32.2. The van der Waals surface area contributed by atoms with Gasteiger partial charge in [-0.2, -0.15) is 0 Å². The van der Waals surface area contributed by atoms with Gasteiger partial charge in [-0.3, -0.25) is 4.79 Å². The first kappa shape index (κ1) is 17.8. The number of anilines is 2. The number of piperidine rings is 1. The molecule has 1 aliphatic heterocycles. The van der Waals surface area contributed by atoms with Crippen LogP contribution < -0.4 is 10.2 Å². The summed E-state index contributed by atoms with van der Waals surface area (Å²) >= 11 is 1.26. The van der Waals surface area contributed by atoms with Crippen LogP contribution in [0, 0.1) is 5.92 Å². The van der Waals surface area contributed by atoms with Gasteiger partial charge in [0.25, 0.3) is 5.22 Å². The predicted octanol–water partition coefficient (Wildman–Crippen LogP) is 3.58. The van der Waals surface area contributed by atoms with Gasteiger partial charge in [-0.05, 0) is 30.9 Å². The van der Waals surface area contributed by atoms with Crippen molar-refractivity contribution in [3.05, 3.63) is 36.7 Å². The topological polar surface area (TPSA) is 84.2 Å². The maximum atomic E-state index is 12.3. The summed E-state index contributed by atoms with van der Waals surface area (Å²) < 4.78 is 5.62. The molecule has 7 nitrogen and oxygen atoms in total. The van der Waals surface area contributed by atoms with E-state index in [-0.39, 0.29) is 11.7 Å². The fraction of sp³-hybridized carbons (Fsp3) is 0.368. The molecular weight excluding hydrogens is 362 g/mol. The molecule has 1 N–H and O–H groups in total. The fourth-order valence-corrected chi connectivity index (χ4v) is 3.68. The van der Waals surface area contributed by atoms with Crippen molar-refractivity contribution < 1.29 is 9.21 Å². The smallest absolute Gasteiger partial charge is 0.257 e. The van der Waals surface area contributed by atoms with Crippen LogP contribution in [-0.2, 0) is 4.79 Å². The second-order valence-corrected chi connectivity index (χ2v) is 7.64. The third kappa shape index (κ3) is 4.39. The second-order valence-electron chi connectivity index (χ2n) is 6.72. The maximum absolute atomic E-state index is 12.3. The SMILES string of the molecule is CC1CCN(c2cc(NC(=O)CSc3nc4ccccc4o3)ncn2)CC1. The number of nitrogens with one attached hydrogen (secondary N) is 1. The van der Waals surface area contributed by atoms with E-state index in [0.29, 0.717) is 11.0 Å². The van der Waals surface area contributed by atoms with E-state index < -0.39 is 0 Å². The summed E-state index contributed by atoms with van der Waals surface area (Å²) in [5.41, 5.74) is 1.51. The molecule has 0 saturated carbocycles. The first-order valence-corrected chi connectivity index (χ1v) is 10.0. The molecule has 2 aromatic heterocycles. The van der Waals surface area contributed by atoms with Crippen LogP contribution in [0.15, 0.2) is 46.3 Å². The van der Waals surface area contributed by atoms with Crippen LogP contribution in [0.4, 0.5) is 11.6 Å². The Balaban J connectivity index is 1.34. The Bertz CT molecular complexity index is 904. The maximum Gasteiger partial charge on any atom is 0.257 e. The molecule has 0 bridgehead atoms. The Kier molecular flexibility index (Phi) is 5.24. The molecule has 0 unspecified atom stereocenters. The average molecular weight is 383 g/mol. The summed E-state index contributed by atoms with van der Waals surface area (Å²) in [6.07, 6.45) is 3.82. The van der Waals surface area contributed by atoms with Crippen LogP contribution in [0.5, 0.6) is 0 Å². The van der Waals surface area contributed by atoms with E-state index in [1.54, 1.807) is 0 Å². The van der Waals surface area contributed by atoms with Gasteiger partial charge in [-0.25, -0.2) is 15.0 Å². The van der Waals surface area contributed by atoms with E-state index in [4.69, 9.17) is 4.42 Å². The standard InChI is InChI=1S/C19H21N5O2S/c1-13-6-8-24(9-7-13)17-10-16(20-12-21-17)23-18(25)11-27-19-22-14-4-2-3-5-15(14)26-19/h2-5,10,12-13H,6-9,11H2,1H3,(H,20,21,23,25). The van der Waals surface area contributed by atoms with Crippen LogP contribution >= 0.6 is 11.8 Å². The summed E-state index contributed by atoms with van der Waals surface area (Å²) in [4.78, 5) is 27.4. The largest absolute Gasteiger partial charge is 0.431 e. The van der Waals surface area contributed by atoms with E-state index in [1.165, 1.54) is 18.1 Å². The molecule has 0 aliphatic carbocycles. The number of rotatable bonds is 5. The molecule has 3 heterocycles. The van der Waals surface area contributed by atoms with Crippen molar-refractivity contribution >= 4 is 40.4 Å². The van der Waals surface area contributed by atoms with Gasteiger partial charge in [0.1, 0.15) is 23.5 Å². The molecule has 1 saturated heterocycles. The number of hydrogen-bond acceptors (Lipinski definition) is 7. The summed E-state index contributed by atoms with van der Waals surface area (Å²) in [6, 6.07) is 9.37. The lowest BCUT2D eigenvalue weighted by molar-refractivity contribution is -0.113. The molecular formula is C19H21N5O2S. The zero-order valence-electron chi connectivity index (χ0n) is 15.1. The van der Waals surface area contributed by atoms with Gasteiger partial charge in [-0.15, -0.1) is 0 Å². The average Bonchev–Trinajstić information content (AvgIpc) is 3.10. The Morgan fingerprint density at radius 2 is 2.11 bits per heavy atom. The number of fused-ring (bicyclic) bond motifs is 1. The van der Waals surface area contributed by atoms with Crippen LogP contribution in [0.3, 0.4) is 0 Å². The number of oxazole rings is 1. The molecule has 1 aliphatic rings. The Hall–Kier alpha value is -2.61. The quantitative estimate of drug-likeness (QED) is 0.674. The first-order valence-electron chi connectivity index (χ1n) is 9.02. The number of nitrogens with zero attached hydrogens (tertiary/aromatic N) is 4. The normalized spacial score (nSPS) is 15.2. The lowest BCUT2D eigenvalue weighted by Crippen LogP contribution is -2.33. The molecule has 1 fully saturated rings. The van der Waals surface area contributed by atoms with E-state index in [9.17, 15) is 4.79 Å². The van der Waals surface area contributed by atoms with Gasteiger partial charge in [0.2, 0.25) is 5.91 Å². The number of aromatic nitrogens is 3. The third-order valence-corrected chi connectivity index (χ3v) is 5.46. The number of carbonyl (C=O) groups is 1. The summed E-state index contributed by atoms with van der Waals surface area (Å²) in [5.74, 6) is 2.18. The highest BCUT2D eigenvalue weighted by molar-refractivity contribution is 7.99. The van der Waals surface area contributed by atoms with Gasteiger partial charge in [-0.1, -0.05) is 30.8 Å². The first-order chi connectivity index (χ1) is 13.2. The highest BCUT2D eigenvalue weighted by Gasteiger charge is 2.18. The minimum absolute atomic E-state index is 0.154. The summed E-state index contributed by atoms with van der Waals surface area (Å²) in [6.45, 7) is 4.25. The molecule has 1 amide bonds. The summed E-state index contributed by atoms with van der Waals surface area (Å²) in [7, 11) is 0. The van der Waals surface area contributed by atoms with Gasteiger partial charge < -0.3 is 14.6 Å². The number of benzene rings is 1. The highest BCUT2D eigenvalue weighted by Crippen LogP contribution is 2.24. The lowest BCUT2D eigenvalue weighted by atomic mass is 9.99. The Labute approximate surface area is 161 Å².